The molecule has 0 aliphatic carbocycles. The van der Waals surface area contributed by atoms with Crippen molar-refractivity contribution in [3.05, 3.63) is 32.9 Å². The summed E-state index contributed by atoms with van der Waals surface area (Å²) in [6.07, 6.45) is -0.0857. The first-order chi connectivity index (χ1) is 9.12. The molecule has 1 aromatic carbocycles. The molecule has 1 unspecified atom stereocenters. The molecule has 0 heterocycles. The summed E-state index contributed by atoms with van der Waals surface area (Å²) in [5, 5.41) is 11.8. The number of aliphatic carboxylic acids is 1. The second-order valence-corrected chi connectivity index (χ2v) is 7.01. The van der Waals surface area contributed by atoms with Crippen LogP contribution in [0.5, 0.6) is 0 Å². The Labute approximate surface area is 133 Å². The number of amides is 1. The summed E-state index contributed by atoms with van der Waals surface area (Å²) in [4.78, 5) is 23.3. The van der Waals surface area contributed by atoms with Crippen molar-refractivity contribution in [3.8, 4) is 0 Å². The normalized spacial score (nSPS) is 12.8. The zero-order valence-electron chi connectivity index (χ0n) is 12.2. The highest BCUT2D eigenvalue weighted by molar-refractivity contribution is 14.1. The van der Waals surface area contributed by atoms with Crippen molar-refractivity contribution in [1.82, 2.24) is 5.32 Å². The minimum atomic E-state index is -0.913. The molecule has 0 aliphatic heterocycles. The van der Waals surface area contributed by atoms with Gasteiger partial charge in [-0.1, -0.05) is 32.9 Å². The standard InChI is InChI=1S/C15H20INO3/c1-9-6-5-7-10(13(9)16)14(20)17-11(8-12(18)19)15(2,3)4/h5-7,11H,8H2,1-4H3,(H,17,20)(H,18,19). The Kier molecular flexibility index (Phi) is 5.56. The Balaban J connectivity index is 2.96. The van der Waals surface area contributed by atoms with Crippen LogP contribution in [0.4, 0.5) is 0 Å². The van der Waals surface area contributed by atoms with Crippen LogP contribution in [0.2, 0.25) is 0 Å². The van der Waals surface area contributed by atoms with Crippen LogP contribution in [-0.2, 0) is 4.79 Å². The van der Waals surface area contributed by atoms with Crippen LogP contribution in [0, 0.1) is 15.9 Å². The summed E-state index contributed by atoms with van der Waals surface area (Å²) in [6, 6.07) is 5.11. The quantitative estimate of drug-likeness (QED) is 0.778. The molecule has 0 radical (unpaired) electrons. The van der Waals surface area contributed by atoms with Gasteiger partial charge in [0.15, 0.2) is 0 Å². The van der Waals surface area contributed by atoms with Crippen molar-refractivity contribution in [2.24, 2.45) is 5.41 Å². The van der Waals surface area contributed by atoms with Gasteiger partial charge in [0.2, 0.25) is 0 Å². The molecule has 110 valence electrons. The van der Waals surface area contributed by atoms with Crippen LogP contribution < -0.4 is 5.32 Å². The van der Waals surface area contributed by atoms with E-state index in [1.54, 1.807) is 6.07 Å². The topological polar surface area (TPSA) is 66.4 Å². The zero-order chi connectivity index (χ0) is 15.5. The van der Waals surface area contributed by atoms with E-state index < -0.39 is 12.0 Å². The summed E-state index contributed by atoms with van der Waals surface area (Å²) in [6.45, 7) is 7.70. The molecule has 1 aromatic rings. The second-order valence-electron chi connectivity index (χ2n) is 5.93. The number of rotatable bonds is 4. The Hall–Kier alpha value is -1.11. The fraction of sp³-hybridized carbons (Fsp3) is 0.467. The molecule has 0 fully saturated rings. The highest BCUT2D eigenvalue weighted by atomic mass is 127. The van der Waals surface area contributed by atoms with Crippen molar-refractivity contribution in [1.29, 1.82) is 0 Å². The Morgan fingerprint density at radius 2 is 1.95 bits per heavy atom. The molecule has 5 heteroatoms. The van der Waals surface area contributed by atoms with E-state index in [0.717, 1.165) is 9.13 Å². The van der Waals surface area contributed by atoms with Gasteiger partial charge in [0.05, 0.1) is 12.0 Å². The highest BCUT2D eigenvalue weighted by Gasteiger charge is 2.29. The second kappa shape index (κ2) is 6.56. The van der Waals surface area contributed by atoms with Gasteiger partial charge >= 0.3 is 5.97 Å². The van der Waals surface area contributed by atoms with Crippen molar-refractivity contribution >= 4 is 34.5 Å². The van der Waals surface area contributed by atoms with Crippen molar-refractivity contribution in [2.45, 2.75) is 40.2 Å². The van der Waals surface area contributed by atoms with E-state index in [-0.39, 0.29) is 17.7 Å². The van der Waals surface area contributed by atoms with Gasteiger partial charge in [0.25, 0.3) is 5.91 Å². The first kappa shape index (κ1) is 16.9. The molecule has 1 amide bonds. The molecule has 0 saturated heterocycles. The van der Waals surface area contributed by atoms with E-state index in [1.165, 1.54) is 0 Å². The van der Waals surface area contributed by atoms with Crippen LogP contribution in [0.15, 0.2) is 18.2 Å². The largest absolute Gasteiger partial charge is 0.481 e. The predicted molar refractivity (Wildman–Crippen MR) is 86.9 cm³/mol. The molecule has 0 saturated carbocycles. The molecular weight excluding hydrogens is 369 g/mol. The van der Waals surface area contributed by atoms with Crippen LogP contribution in [0.25, 0.3) is 0 Å². The number of benzene rings is 1. The van der Waals surface area contributed by atoms with E-state index >= 15 is 0 Å². The van der Waals surface area contributed by atoms with E-state index in [2.05, 4.69) is 27.9 Å². The minimum absolute atomic E-state index is 0.0857. The van der Waals surface area contributed by atoms with Gasteiger partial charge in [-0.3, -0.25) is 9.59 Å². The van der Waals surface area contributed by atoms with Crippen LogP contribution in [0.1, 0.15) is 43.1 Å². The van der Waals surface area contributed by atoms with E-state index in [1.807, 2.05) is 39.8 Å². The average molecular weight is 389 g/mol. The number of aryl methyl sites for hydroxylation is 1. The van der Waals surface area contributed by atoms with Gasteiger partial charge in [-0.15, -0.1) is 0 Å². The van der Waals surface area contributed by atoms with Crippen LogP contribution >= 0.6 is 22.6 Å². The maximum absolute atomic E-state index is 12.3. The zero-order valence-corrected chi connectivity index (χ0v) is 14.3. The summed E-state index contributed by atoms with van der Waals surface area (Å²) >= 11 is 2.14. The van der Waals surface area contributed by atoms with E-state index in [4.69, 9.17) is 5.11 Å². The number of nitrogens with one attached hydrogen (secondary N) is 1. The summed E-state index contributed by atoms with van der Waals surface area (Å²) in [5.74, 6) is -1.14. The van der Waals surface area contributed by atoms with Gasteiger partial charge in [0.1, 0.15) is 0 Å². The maximum Gasteiger partial charge on any atom is 0.305 e. The monoisotopic (exact) mass is 389 g/mol. The van der Waals surface area contributed by atoms with Gasteiger partial charge in [-0.25, -0.2) is 0 Å². The highest BCUT2D eigenvalue weighted by Crippen LogP contribution is 2.23. The molecule has 0 bridgehead atoms. The molecule has 1 rings (SSSR count). The van der Waals surface area contributed by atoms with Gasteiger partial charge in [-0.2, -0.15) is 0 Å². The number of carboxylic acid groups (broad SMARTS) is 1. The fourth-order valence-corrected chi connectivity index (χ4v) is 2.41. The maximum atomic E-state index is 12.3. The Morgan fingerprint density at radius 1 is 1.35 bits per heavy atom. The third kappa shape index (κ3) is 4.47. The van der Waals surface area contributed by atoms with Crippen LogP contribution in [0.3, 0.4) is 0 Å². The van der Waals surface area contributed by atoms with Gasteiger partial charge in [-0.05, 0) is 46.6 Å². The van der Waals surface area contributed by atoms with E-state index in [9.17, 15) is 9.59 Å². The first-order valence-corrected chi connectivity index (χ1v) is 7.48. The fourth-order valence-electron chi connectivity index (χ4n) is 1.81. The smallest absolute Gasteiger partial charge is 0.305 e. The van der Waals surface area contributed by atoms with Crippen molar-refractivity contribution in [2.75, 3.05) is 0 Å². The summed E-state index contributed by atoms with van der Waals surface area (Å²) in [5.41, 5.74) is 1.30. The molecule has 0 aliphatic rings. The number of carboxylic acids is 1. The average Bonchev–Trinajstić information content (AvgIpc) is 2.30. The van der Waals surface area contributed by atoms with Gasteiger partial charge in [0, 0.05) is 9.61 Å². The van der Waals surface area contributed by atoms with E-state index in [0.29, 0.717) is 5.56 Å². The minimum Gasteiger partial charge on any atom is -0.481 e. The van der Waals surface area contributed by atoms with Gasteiger partial charge < -0.3 is 10.4 Å². The van der Waals surface area contributed by atoms with Crippen molar-refractivity contribution in [3.63, 3.8) is 0 Å². The lowest BCUT2D eigenvalue weighted by Crippen LogP contribution is -2.45. The summed E-state index contributed by atoms with van der Waals surface area (Å²) < 4.78 is 0.894. The molecule has 1 atom stereocenters. The Bertz CT molecular complexity index is 520. The lowest BCUT2D eigenvalue weighted by molar-refractivity contribution is -0.138. The van der Waals surface area contributed by atoms with Crippen molar-refractivity contribution < 1.29 is 14.7 Å². The number of halogens is 1. The molecule has 20 heavy (non-hydrogen) atoms. The Morgan fingerprint density at radius 3 is 2.45 bits per heavy atom. The lowest BCUT2D eigenvalue weighted by Gasteiger charge is -2.30. The lowest BCUT2D eigenvalue weighted by atomic mass is 9.84. The number of carbonyl (C=O) groups is 2. The third-order valence-corrected chi connectivity index (χ3v) is 4.60. The first-order valence-electron chi connectivity index (χ1n) is 6.40. The number of hydrogen-bond donors (Lipinski definition) is 2. The third-order valence-electron chi connectivity index (χ3n) is 3.17. The molecule has 0 aromatic heterocycles. The van der Waals surface area contributed by atoms with Crippen LogP contribution in [-0.4, -0.2) is 23.0 Å². The molecule has 4 nitrogen and oxygen atoms in total. The number of carbonyl (C=O) groups excluding carboxylic acids is 1. The SMILES string of the molecule is Cc1cccc(C(=O)NC(CC(=O)O)C(C)(C)C)c1I. The molecule has 0 spiro atoms. The number of hydrogen-bond acceptors (Lipinski definition) is 2. The molecule has 2 N–H and O–H groups in total. The predicted octanol–water partition coefficient (Wildman–Crippen LogP) is 3.22. The summed E-state index contributed by atoms with van der Waals surface area (Å²) in [7, 11) is 0. The molecular formula is C15H20INO3.